The number of hydrogen-bond acceptors (Lipinski definition) is 4. The lowest BCUT2D eigenvalue weighted by Crippen LogP contribution is -2.60. The molecular weight excluding hydrogens is 362 g/mol. The van der Waals surface area contributed by atoms with Crippen molar-refractivity contribution in [1.29, 1.82) is 0 Å². The number of ether oxygens (including phenoxy) is 2. The molecule has 4 heteroatoms. The van der Waals surface area contributed by atoms with Gasteiger partial charge in [-0.2, -0.15) is 0 Å². The van der Waals surface area contributed by atoms with Crippen molar-refractivity contribution in [2.24, 2.45) is 0 Å². The number of aliphatic hydroxyl groups is 1. The molecule has 2 atom stereocenters. The summed E-state index contributed by atoms with van der Waals surface area (Å²) in [6, 6.07) is 23.2. The highest BCUT2D eigenvalue weighted by Gasteiger charge is 2.47. The third-order valence-corrected chi connectivity index (χ3v) is 6.52. The zero-order valence-corrected chi connectivity index (χ0v) is 16.8. The van der Waals surface area contributed by atoms with E-state index in [1.165, 1.54) is 5.56 Å². The monoisotopic (exact) mass is 389 g/mol. The van der Waals surface area contributed by atoms with Gasteiger partial charge in [0, 0.05) is 24.0 Å². The average molecular weight is 389 g/mol. The molecule has 2 fully saturated rings. The smallest absolute Gasteiger partial charge is 0.126 e. The lowest BCUT2D eigenvalue weighted by molar-refractivity contribution is -0.149. The van der Waals surface area contributed by atoms with Gasteiger partial charge in [-0.1, -0.05) is 60.7 Å². The Morgan fingerprint density at radius 2 is 1.59 bits per heavy atom. The lowest BCUT2D eigenvalue weighted by atomic mass is 9.75. The van der Waals surface area contributed by atoms with Crippen LogP contribution in [0.5, 0.6) is 5.75 Å². The summed E-state index contributed by atoms with van der Waals surface area (Å²) in [6.07, 6.45) is 1.35. The average Bonchev–Trinajstić information content (AvgIpc) is 2.74. The molecular formula is C25H27NO3. The molecule has 0 spiro atoms. The van der Waals surface area contributed by atoms with Crippen molar-refractivity contribution in [3.63, 3.8) is 0 Å². The molecule has 0 radical (unpaired) electrons. The Hall–Kier alpha value is -2.40. The zero-order chi connectivity index (χ0) is 19.8. The van der Waals surface area contributed by atoms with Crippen LogP contribution in [-0.2, 0) is 16.9 Å². The van der Waals surface area contributed by atoms with Crippen molar-refractivity contribution < 1.29 is 14.6 Å². The molecule has 3 aromatic rings. The van der Waals surface area contributed by atoms with Crippen molar-refractivity contribution in [2.45, 2.75) is 37.1 Å². The molecule has 0 aromatic heterocycles. The Kier molecular flexibility index (Phi) is 4.78. The van der Waals surface area contributed by atoms with Crippen LogP contribution in [0, 0.1) is 0 Å². The molecule has 1 N–H and O–H groups in total. The Bertz CT molecular complexity index is 989. The molecule has 2 heterocycles. The Balaban J connectivity index is 1.50. The molecule has 2 unspecified atom stereocenters. The Labute approximate surface area is 171 Å². The zero-order valence-electron chi connectivity index (χ0n) is 16.8. The van der Waals surface area contributed by atoms with E-state index in [1.54, 1.807) is 7.11 Å². The second-order valence-electron chi connectivity index (χ2n) is 8.30. The second-order valence-corrected chi connectivity index (χ2v) is 8.30. The Morgan fingerprint density at radius 3 is 2.28 bits per heavy atom. The number of hydrogen-bond donors (Lipinski definition) is 1. The van der Waals surface area contributed by atoms with Crippen molar-refractivity contribution >= 4 is 10.8 Å². The normalized spacial score (nSPS) is 27.1. The van der Waals surface area contributed by atoms with E-state index >= 15 is 0 Å². The summed E-state index contributed by atoms with van der Waals surface area (Å²) in [7, 11) is 1.69. The SMILES string of the molecule is COc1ccc(C2(O)CC3COCC(C2)N3Cc2ccccc2)c2ccccc12. The van der Waals surface area contributed by atoms with E-state index in [4.69, 9.17) is 9.47 Å². The third kappa shape index (κ3) is 3.31. The number of benzene rings is 3. The van der Waals surface area contributed by atoms with Gasteiger partial charge in [0.1, 0.15) is 5.75 Å². The molecule has 2 saturated heterocycles. The van der Waals surface area contributed by atoms with Crippen LogP contribution < -0.4 is 4.74 Å². The molecule has 3 aromatic carbocycles. The number of morpholine rings is 1. The Morgan fingerprint density at radius 1 is 0.931 bits per heavy atom. The minimum Gasteiger partial charge on any atom is -0.496 e. The summed E-state index contributed by atoms with van der Waals surface area (Å²) >= 11 is 0. The summed E-state index contributed by atoms with van der Waals surface area (Å²) in [5.74, 6) is 0.845. The fourth-order valence-electron chi connectivity index (χ4n) is 5.17. The minimum atomic E-state index is -0.863. The number of methoxy groups -OCH3 is 1. The van der Waals surface area contributed by atoms with Crippen LogP contribution in [0.1, 0.15) is 24.0 Å². The quantitative estimate of drug-likeness (QED) is 0.730. The minimum absolute atomic E-state index is 0.202. The lowest BCUT2D eigenvalue weighted by Gasteiger charge is -2.52. The van der Waals surface area contributed by atoms with Crippen molar-refractivity contribution in [1.82, 2.24) is 4.90 Å². The summed E-state index contributed by atoms with van der Waals surface area (Å²) < 4.78 is 11.4. The molecule has 0 saturated carbocycles. The topological polar surface area (TPSA) is 41.9 Å². The maximum absolute atomic E-state index is 11.9. The van der Waals surface area contributed by atoms with Gasteiger partial charge in [0.25, 0.3) is 0 Å². The third-order valence-electron chi connectivity index (χ3n) is 6.52. The largest absolute Gasteiger partial charge is 0.496 e. The van der Waals surface area contributed by atoms with Crippen LogP contribution >= 0.6 is 0 Å². The first kappa shape index (κ1) is 18.6. The summed E-state index contributed by atoms with van der Waals surface area (Å²) in [6.45, 7) is 2.23. The van der Waals surface area contributed by atoms with Crippen molar-refractivity contribution in [3.8, 4) is 5.75 Å². The summed E-state index contributed by atoms with van der Waals surface area (Å²) in [5, 5.41) is 14.0. The highest BCUT2D eigenvalue weighted by atomic mass is 16.5. The molecule has 0 aliphatic carbocycles. The first-order valence-electron chi connectivity index (χ1n) is 10.3. The van der Waals surface area contributed by atoms with Crippen LogP contribution in [-0.4, -0.2) is 42.4 Å². The van der Waals surface area contributed by atoms with E-state index in [0.29, 0.717) is 26.1 Å². The molecule has 5 rings (SSSR count). The van der Waals surface area contributed by atoms with Gasteiger partial charge < -0.3 is 14.6 Å². The van der Waals surface area contributed by atoms with Gasteiger partial charge in [-0.15, -0.1) is 0 Å². The van der Waals surface area contributed by atoms with Crippen LogP contribution in [0.3, 0.4) is 0 Å². The predicted molar refractivity (Wildman–Crippen MR) is 114 cm³/mol. The molecule has 4 nitrogen and oxygen atoms in total. The van der Waals surface area contributed by atoms with Gasteiger partial charge in [-0.3, -0.25) is 4.90 Å². The van der Waals surface area contributed by atoms with Crippen molar-refractivity contribution in [3.05, 3.63) is 77.9 Å². The fraction of sp³-hybridized carbons (Fsp3) is 0.360. The second kappa shape index (κ2) is 7.45. The van der Waals surface area contributed by atoms with Crippen molar-refractivity contribution in [2.75, 3.05) is 20.3 Å². The van der Waals surface area contributed by atoms with Gasteiger partial charge in [0.15, 0.2) is 0 Å². The van der Waals surface area contributed by atoms with E-state index in [9.17, 15) is 5.11 Å². The first-order chi connectivity index (χ1) is 14.2. The van der Waals surface area contributed by atoms with Gasteiger partial charge in [-0.05, 0) is 35.4 Å². The number of rotatable bonds is 4. The highest BCUT2D eigenvalue weighted by molar-refractivity contribution is 5.91. The standard InChI is InChI=1S/C25H27NO3/c1-28-24-12-11-23(21-9-5-6-10-22(21)24)25(27)13-19-16-29-17-20(14-25)26(19)15-18-7-3-2-4-8-18/h2-12,19-20,27H,13-17H2,1H3. The van der Waals surface area contributed by atoms with Crippen LogP contribution in [0.25, 0.3) is 10.8 Å². The number of nitrogens with zero attached hydrogens (tertiary/aromatic N) is 1. The molecule has 2 bridgehead atoms. The number of fused-ring (bicyclic) bond motifs is 3. The van der Waals surface area contributed by atoms with Gasteiger partial charge >= 0.3 is 0 Å². The van der Waals surface area contributed by atoms with Crippen LogP contribution in [0.2, 0.25) is 0 Å². The van der Waals surface area contributed by atoms with Crippen LogP contribution in [0.4, 0.5) is 0 Å². The maximum Gasteiger partial charge on any atom is 0.126 e. The van der Waals surface area contributed by atoms with Gasteiger partial charge in [0.05, 0.1) is 25.9 Å². The molecule has 2 aliphatic rings. The maximum atomic E-state index is 11.9. The molecule has 2 aliphatic heterocycles. The molecule has 29 heavy (non-hydrogen) atoms. The van der Waals surface area contributed by atoms with E-state index < -0.39 is 5.60 Å². The summed E-state index contributed by atoms with van der Waals surface area (Å²) in [5.41, 5.74) is 1.45. The van der Waals surface area contributed by atoms with E-state index in [0.717, 1.165) is 28.6 Å². The highest BCUT2D eigenvalue weighted by Crippen LogP contribution is 2.45. The number of piperidine rings is 1. The fourth-order valence-corrected chi connectivity index (χ4v) is 5.17. The molecule has 150 valence electrons. The van der Waals surface area contributed by atoms with Crippen LogP contribution in [0.15, 0.2) is 66.7 Å². The molecule has 0 amide bonds. The predicted octanol–water partition coefficient (Wildman–Crippen LogP) is 4.10. The van der Waals surface area contributed by atoms with Gasteiger partial charge in [-0.25, -0.2) is 0 Å². The van der Waals surface area contributed by atoms with Gasteiger partial charge in [0.2, 0.25) is 0 Å². The first-order valence-corrected chi connectivity index (χ1v) is 10.3. The van der Waals surface area contributed by atoms with E-state index in [-0.39, 0.29) is 12.1 Å². The van der Waals surface area contributed by atoms with E-state index in [2.05, 4.69) is 47.4 Å². The van der Waals surface area contributed by atoms with E-state index in [1.807, 2.05) is 24.3 Å². The summed E-state index contributed by atoms with van der Waals surface area (Å²) in [4.78, 5) is 2.53.